The van der Waals surface area contributed by atoms with Crippen LogP contribution in [0, 0.1) is 5.41 Å². The van der Waals surface area contributed by atoms with E-state index in [1.807, 2.05) is 12.3 Å². The number of aromatic nitrogens is 1. The SMILES string of the molecule is COCCC1(CNC2CCN(c3ccccn3)CC2)CC1. The predicted octanol–water partition coefficient (Wildman–Crippen LogP) is 2.46. The molecule has 2 heterocycles. The van der Waals surface area contributed by atoms with E-state index in [-0.39, 0.29) is 0 Å². The highest BCUT2D eigenvalue weighted by atomic mass is 16.5. The highest BCUT2D eigenvalue weighted by Crippen LogP contribution is 2.48. The Morgan fingerprint density at radius 1 is 1.33 bits per heavy atom. The largest absolute Gasteiger partial charge is 0.385 e. The van der Waals surface area contributed by atoms with Gasteiger partial charge in [0.1, 0.15) is 5.82 Å². The number of hydrogen-bond donors (Lipinski definition) is 1. The predicted molar refractivity (Wildman–Crippen MR) is 85.6 cm³/mol. The van der Waals surface area contributed by atoms with Crippen molar-refractivity contribution in [3.63, 3.8) is 0 Å². The Kier molecular flexibility index (Phi) is 4.76. The molecule has 2 fully saturated rings. The molecule has 0 radical (unpaired) electrons. The molecule has 3 rings (SSSR count). The van der Waals surface area contributed by atoms with Crippen molar-refractivity contribution in [3.05, 3.63) is 24.4 Å². The van der Waals surface area contributed by atoms with Crippen LogP contribution >= 0.6 is 0 Å². The molecule has 21 heavy (non-hydrogen) atoms. The van der Waals surface area contributed by atoms with Crippen LogP contribution in [0.3, 0.4) is 0 Å². The average Bonchev–Trinajstić information content (AvgIpc) is 3.33. The van der Waals surface area contributed by atoms with Gasteiger partial charge in [0.05, 0.1) is 0 Å². The summed E-state index contributed by atoms with van der Waals surface area (Å²) >= 11 is 0. The quantitative estimate of drug-likeness (QED) is 0.836. The Bertz CT molecular complexity index is 425. The van der Waals surface area contributed by atoms with Crippen LogP contribution in [0.25, 0.3) is 0 Å². The van der Waals surface area contributed by atoms with Gasteiger partial charge in [0.15, 0.2) is 0 Å². The first-order valence-electron chi connectivity index (χ1n) is 8.20. The minimum atomic E-state index is 0.550. The normalized spacial score (nSPS) is 21.5. The summed E-state index contributed by atoms with van der Waals surface area (Å²) in [5.41, 5.74) is 0.550. The summed E-state index contributed by atoms with van der Waals surface area (Å²) in [6, 6.07) is 6.83. The summed E-state index contributed by atoms with van der Waals surface area (Å²) in [6.07, 6.45) is 8.27. The van der Waals surface area contributed by atoms with Gasteiger partial charge in [-0.3, -0.25) is 0 Å². The lowest BCUT2D eigenvalue weighted by molar-refractivity contribution is 0.169. The molecule has 1 saturated carbocycles. The molecule has 0 amide bonds. The number of methoxy groups -OCH3 is 1. The van der Waals surface area contributed by atoms with E-state index in [4.69, 9.17) is 4.74 Å². The molecule has 1 aromatic heterocycles. The van der Waals surface area contributed by atoms with Crippen LogP contribution in [-0.4, -0.2) is 44.4 Å². The van der Waals surface area contributed by atoms with E-state index >= 15 is 0 Å². The Labute approximate surface area is 127 Å². The Hall–Kier alpha value is -1.13. The fraction of sp³-hybridized carbons (Fsp3) is 0.706. The number of rotatable bonds is 7. The first-order chi connectivity index (χ1) is 10.3. The van der Waals surface area contributed by atoms with Gasteiger partial charge in [-0.25, -0.2) is 4.98 Å². The molecule has 4 heteroatoms. The highest BCUT2D eigenvalue weighted by Gasteiger charge is 2.42. The van der Waals surface area contributed by atoms with E-state index in [0.717, 1.165) is 25.5 Å². The van der Waals surface area contributed by atoms with Crippen molar-refractivity contribution in [1.82, 2.24) is 10.3 Å². The minimum Gasteiger partial charge on any atom is -0.385 e. The molecule has 0 bridgehead atoms. The second kappa shape index (κ2) is 6.75. The van der Waals surface area contributed by atoms with E-state index in [9.17, 15) is 0 Å². The van der Waals surface area contributed by atoms with Gasteiger partial charge in [0.25, 0.3) is 0 Å². The van der Waals surface area contributed by atoms with Crippen LogP contribution in [0.2, 0.25) is 0 Å². The summed E-state index contributed by atoms with van der Waals surface area (Å²) in [5.74, 6) is 1.12. The molecule has 1 saturated heterocycles. The van der Waals surface area contributed by atoms with Gasteiger partial charge in [-0.1, -0.05) is 6.07 Å². The molecule has 1 aliphatic heterocycles. The smallest absolute Gasteiger partial charge is 0.128 e. The fourth-order valence-corrected chi connectivity index (χ4v) is 3.22. The third kappa shape index (κ3) is 3.95. The monoisotopic (exact) mass is 289 g/mol. The molecular formula is C17H27N3O. The number of pyridine rings is 1. The second-order valence-corrected chi connectivity index (χ2v) is 6.57. The standard InChI is InChI=1S/C17H27N3O/c1-21-13-9-17(7-8-17)14-19-15-5-11-20(12-6-15)16-4-2-3-10-18-16/h2-4,10,15,19H,5-9,11-14H2,1H3. The van der Waals surface area contributed by atoms with Crippen LogP contribution < -0.4 is 10.2 Å². The van der Waals surface area contributed by atoms with Crippen LogP contribution in [0.1, 0.15) is 32.1 Å². The maximum atomic E-state index is 5.23. The fourth-order valence-electron chi connectivity index (χ4n) is 3.22. The van der Waals surface area contributed by atoms with Crippen molar-refractivity contribution in [2.24, 2.45) is 5.41 Å². The molecule has 0 atom stereocenters. The van der Waals surface area contributed by atoms with Gasteiger partial charge >= 0.3 is 0 Å². The molecule has 0 unspecified atom stereocenters. The third-order valence-corrected chi connectivity index (χ3v) is 5.03. The highest BCUT2D eigenvalue weighted by molar-refractivity contribution is 5.38. The summed E-state index contributed by atoms with van der Waals surface area (Å²) in [4.78, 5) is 6.85. The average molecular weight is 289 g/mol. The molecule has 2 aliphatic rings. The molecule has 0 aromatic carbocycles. The zero-order valence-corrected chi connectivity index (χ0v) is 13.1. The number of piperidine rings is 1. The van der Waals surface area contributed by atoms with E-state index in [1.54, 1.807) is 7.11 Å². The second-order valence-electron chi connectivity index (χ2n) is 6.57. The summed E-state index contributed by atoms with van der Waals surface area (Å²) in [5, 5.41) is 3.80. The Balaban J connectivity index is 1.40. The summed E-state index contributed by atoms with van der Waals surface area (Å²) in [7, 11) is 1.80. The van der Waals surface area contributed by atoms with E-state index in [2.05, 4.69) is 27.3 Å². The zero-order valence-electron chi connectivity index (χ0n) is 13.1. The van der Waals surface area contributed by atoms with Crippen molar-refractivity contribution in [2.45, 2.75) is 38.1 Å². The van der Waals surface area contributed by atoms with Crippen LogP contribution in [0.15, 0.2) is 24.4 Å². The minimum absolute atomic E-state index is 0.550. The van der Waals surface area contributed by atoms with Crippen molar-refractivity contribution >= 4 is 5.82 Å². The topological polar surface area (TPSA) is 37.4 Å². The molecule has 1 N–H and O–H groups in total. The van der Waals surface area contributed by atoms with Crippen LogP contribution in [-0.2, 0) is 4.74 Å². The van der Waals surface area contributed by atoms with Crippen LogP contribution in [0.5, 0.6) is 0 Å². The van der Waals surface area contributed by atoms with Crippen molar-refractivity contribution in [3.8, 4) is 0 Å². The molecule has 1 aliphatic carbocycles. The summed E-state index contributed by atoms with van der Waals surface area (Å²) < 4.78 is 5.23. The third-order valence-electron chi connectivity index (χ3n) is 5.03. The Morgan fingerprint density at radius 3 is 2.76 bits per heavy atom. The first kappa shape index (κ1) is 14.8. The van der Waals surface area contributed by atoms with E-state index < -0.39 is 0 Å². The molecule has 116 valence electrons. The number of ether oxygens (including phenoxy) is 1. The first-order valence-corrected chi connectivity index (χ1v) is 8.20. The maximum absolute atomic E-state index is 5.23. The number of hydrogen-bond acceptors (Lipinski definition) is 4. The van der Waals surface area contributed by atoms with E-state index in [0.29, 0.717) is 11.5 Å². The number of nitrogens with zero attached hydrogens (tertiary/aromatic N) is 2. The molecular weight excluding hydrogens is 262 g/mol. The molecule has 4 nitrogen and oxygen atoms in total. The number of nitrogens with one attached hydrogen (secondary N) is 1. The maximum Gasteiger partial charge on any atom is 0.128 e. The van der Waals surface area contributed by atoms with Gasteiger partial charge in [0, 0.05) is 45.6 Å². The van der Waals surface area contributed by atoms with Crippen molar-refractivity contribution < 1.29 is 4.74 Å². The van der Waals surface area contributed by atoms with Gasteiger partial charge in [0.2, 0.25) is 0 Å². The summed E-state index contributed by atoms with van der Waals surface area (Å²) in [6.45, 7) is 4.30. The lowest BCUT2D eigenvalue weighted by Gasteiger charge is -2.34. The van der Waals surface area contributed by atoms with Crippen molar-refractivity contribution in [2.75, 3.05) is 38.3 Å². The molecule has 1 aromatic rings. The zero-order chi connectivity index (χ0) is 14.5. The van der Waals surface area contributed by atoms with Gasteiger partial charge in [-0.05, 0) is 49.7 Å². The molecule has 0 spiro atoms. The van der Waals surface area contributed by atoms with E-state index in [1.165, 1.54) is 38.6 Å². The van der Waals surface area contributed by atoms with Crippen LogP contribution in [0.4, 0.5) is 5.82 Å². The Morgan fingerprint density at radius 2 is 2.14 bits per heavy atom. The lowest BCUT2D eigenvalue weighted by atomic mass is 10.00. The van der Waals surface area contributed by atoms with Gasteiger partial charge in [-0.15, -0.1) is 0 Å². The van der Waals surface area contributed by atoms with Gasteiger partial charge in [-0.2, -0.15) is 0 Å². The number of anilines is 1. The lowest BCUT2D eigenvalue weighted by Crippen LogP contribution is -2.44. The van der Waals surface area contributed by atoms with Crippen molar-refractivity contribution in [1.29, 1.82) is 0 Å². The van der Waals surface area contributed by atoms with Gasteiger partial charge < -0.3 is 15.0 Å².